The molecule has 1 N–H and O–H groups in total. The number of halogens is 2. The SMILES string of the molecule is CN(C)CC(O)(c1ccc(Br)cc1)c1cccc(Cl)n1. The average molecular weight is 356 g/mol. The lowest BCUT2D eigenvalue weighted by Gasteiger charge is -2.31. The highest BCUT2D eigenvalue weighted by Crippen LogP contribution is 2.30. The van der Waals surface area contributed by atoms with E-state index < -0.39 is 5.60 Å². The van der Waals surface area contributed by atoms with Gasteiger partial charge in [0.1, 0.15) is 10.8 Å². The summed E-state index contributed by atoms with van der Waals surface area (Å²) in [6.45, 7) is 0.419. The number of aromatic nitrogens is 1. The van der Waals surface area contributed by atoms with Crippen LogP contribution in [0.5, 0.6) is 0 Å². The van der Waals surface area contributed by atoms with E-state index in [4.69, 9.17) is 11.6 Å². The fourth-order valence-electron chi connectivity index (χ4n) is 2.14. The van der Waals surface area contributed by atoms with E-state index in [-0.39, 0.29) is 0 Å². The Morgan fingerprint density at radius 2 is 1.85 bits per heavy atom. The van der Waals surface area contributed by atoms with Crippen LogP contribution in [0.1, 0.15) is 11.3 Å². The third kappa shape index (κ3) is 3.38. The molecule has 0 saturated carbocycles. The monoisotopic (exact) mass is 354 g/mol. The Morgan fingerprint density at radius 1 is 1.20 bits per heavy atom. The second-order valence-corrected chi connectivity index (χ2v) is 6.25. The van der Waals surface area contributed by atoms with E-state index in [1.807, 2.05) is 43.3 Å². The predicted octanol–water partition coefficient (Wildman–Crippen LogP) is 3.30. The molecule has 3 nitrogen and oxygen atoms in total. The summed E-state index contributed by atoms with van der Waals surface area (Å²) in [7, 11) is 3.82. The number of hydrogen-bond acceptors (Lipinski definition) is 3. The molecule has 2 aromatic rings. The first-order chi connectivity index (χ1) is 9.41. The number of pyridine rings is 1. The van der Waals surface area contributed by atoms with Gasteiger partial charge in [0.15, 0.2) is 0 Å². The van der Waals surface area contributed by atoms with Gasteiger partial charge < -0.3 is 10.0 Å². The Morgan fingerprint density at radius 3 is 2.40 bits per heavy atom. The normalized spacial score (nSPS) is 14.3. The fraction of sp³-hybridized carbons (Fsp3) is 0.267. The van der Waals surface area contributed by atoms with Crippen LogP contribution in [0.4, 0.5) is 0 Å². The van der Waals surface area contributed by atoms with Crippen LogP contribution >= 0.6 is 27.5 Å². The van der Waals surface area contributed by atoms with Gasteiger partial charge in [-0.1, -0.05) is 45.7 Å². The maximum Gasteiger partial charge on any atom is 0.144 e. The first-order valence-corrected chi connectivity index (χ1v) is 7.35. The van der Waals surface area contributed by atoms with Crippen LogP contribution in [-0.4, -0.2) is 35.6 Å². The van der Waals surface area contributed by atoms with Crippen LogP contribution in [0, 0.1) is 0 Å². The Balaban J connectivity index is 2.52. The molecule has 0 aliphatic rings. The lowest BCUT2D eigenvalue weighted by molar-refractivity contribution is 0.0473. The van der Waals surface area contributed by atoms with Crippen molar-refractivity contribution < 1.29 is 5.11 Å². The number of hydrogen-bond donors (Lipinski definition) is 1. The molecule has 0 spiro atoms. The van der Waals surface area contributed by atoms with E-state index in [1.165, 1.54) is 0 Å². The lowest BCUT2D eigenvalue weighted by Crippen LogP contribution is -2.39. The van der Waals surface area contributed by atoms with E-state index in [9.17, 15) is 5.11 Å². The Labute approximate surface area is 132 Å². The van der Waals surface area contributed by atoms with Crippen LogP contribution in [0.3, 0.4) is 0 Å². The second kappa shape index (κ2) is 6.22. The molecule has 0 radical (unpaired) electrons. The zero-order valence-corrected chi connectivity index (χ0v) is 13.7. The third-order valence-corrected chi connectivity index (χ3v) is 3.74. The highest BCUT2D eigenvalue weighted by Gasteiger charge is 2.33. The van der Waals surface area contributed by atoms with Crippen molar-refractivity contribution in [3.8, 4) is 0 Å². The van der Waals surface area contributed by atoms with E-state index in [1.54, 1.807) is 18.2 Å². The summed E-state index contributed by atoms with van der Waals surface area (Å²) in [5.74, 6) is 0. The summed E-state index contributed by atoms with van der Waals surface area (Å²) in [4.78, 5) is 6.20. The molecule has 0 aliphatic heterocycles. The molecule has 0 aliphatic carbocycles. The quantitative estimate of drug-likeness (QED) is 0.855. The van der Waals surface area contributed by atoms with E-state index in [0.717, 1.165) is 10.0 Å². The highest BCUT2D eigenvalue weighted by atomic mass is 79.9. The van der Waals surface area contributed by atoms with Gasteiger partial charge in [0.05, 0.1) is 5.69 Å². The fourth-order valence-corrected chi connectivity index (χ4v) is 2.57. The molecule has 2 rings (SSSR count). The summed E-state index contributed by atoms with van der Waals surface area (Å²) >= 11 is 9.36. The van der Waals surface area contributed by atoms with Gasteiger partial charge in [-0.2, -0.15) is 0 Å². The van der Waals surface area contributed by atoms with Crippen molar-refractivity contribution >= 4 is 27.5 Å². The van der Waals surface area contributed by atoms with Crippen LogP contribution in [0.25, 0.3) is 0 Å². The van der Waals surface area contributed by atoms with E-state index >= 15 is 0 Å². The Hall–Kier alpha value is -0.940. The molecule has 0 amide bonds. The van der Waals surface area contributed by atoms with Gasteiger partial charge in [-0.15, -0.1) is 0 Å². The minimum atomic E-state index is -1.20. The highest BCUT2D eigenvalue weighted by molar-refractivity contribution is 9.10. The summed E-state index contributed by atoms with van der Waals surface area (Å²) in [5, 5.41) is 11.5. The molecule has 0 fully saturated rings. The minimum Gasteiger partial charge on any atom is -0.377 e. The van der Waals surface area contributed by atoms with Gasteiger partial charge in [0.25, 0.3) is 0 Å². The third-order valence-electron chi connectivity index (χ3n) is 3.01. The van der Waals surface area contributed by atoms with Crippen LogP contribution in [0.15, 0.2) is 46.9 Å². The molecule has 0 bridgehead atoms. The number of nitrogens with zero attached hydrogens (tertiary/aromatic N) is 2. The summed E-state index contributed by atoms with van der Waals surface area (Å²) in [5.41, 5.74) is 0.125. The lowest BCUT2D eigenvalue weighted by atomic mass is 9.89. The summed E-state index contributed by atoms with van der Waals surface area (Å²) in [6, 6.07) is 12.9. The summed E-state index contributed by atoms with van der Waals surface area (Å²) < 4.78 is 0.965. The number of rotatable bonds is 4. The second-order valence-electron chi connectivity index (χ2n) is 4.95. The van der Waals surface area contributed by atoms with Gasteiger partial charge in [-0.3, -0.25) is 0 Å². The van der Waals surface area contributed by atoms with E-state index in [0.29, 0.717) is 17.4 Å². The predicted molar refractivity (Wildman–Crippen MR) is 84.9 cm³/mol. The van der Waals surface area contributed by atoms with Gasteiger partial charge >= 0.3 is 0 Å². The Kier molecular flexibility index (Phi) is 4.81. The molecule has 1 atom stereocenters. The molecule has 1 aromatic carbocycles. The molecular formula is C15H16BrClN2O. The van der Waals surface area contributed by atoms with Crippen LogP contribution in [0.2, 0.25) is 5.15 Å². The topological polar surface area (TPSA) is 36.4 Å². The molecule has 1 heterocycles. The number of likely N-dealkylation sites (N-methyl/N-ethyl adjacent to an activating group) is 1. The standard InChI is InChI=1S/C15H16BrClN2O/c1-19(2)10-15(20,11-6-8-12(16)9-7-11)13-4-3-5-14(17)18-13/h3-9,20H,10H2,1-2H3. The molecule has 106 valence electrons. The molecule has 1 unspecified atom stereocenters. The van der Waals surface area contributed by atoms with Crippen molar-refractivity contribution in [2.75, 3.05) is 20.6 Å². The molecular weight excluding hydrogens is 340 g/mol. The van der Waals surface area contributed by atoms with Crippen molar-refractivity contribution in [1.29, 1.82) is 0 Å². The summed E-state index contributed by atoms with van der Waals surface area (Å²) in [6.07, 6.45) is 0. The van der Waals surface area contributed by atoms with Gasteiger partial charge in [0, 0.05) is 11.0 Å². The minimum absolute atomic E-state index is 0.372. The van der Waals surface area contributed by atoms with Gasteiger partial charge in [-0.25, -0.2) is 4.98 Å². The molecule has 5 heteroatoms. The van der Waals surface area contributed by atoms with Crippen molar-refractivity contribution in [3.63, 3.8) is 0 Å². The Bertz CT molecular complexity index is 589. The van der Waals surface area contributed by atoms with Crippen LogP contribution in [-0.2, 0) is 5.60 Å². The smallest absolute Gasteiger partial charge is 0.144 e. The first-order valence-electron chi connectivity index (χ1n) is 6.18. The van der Waals surface area contributed by atoms with Gasteiger partial charge in [0.2, 0.25) is 0 Å². The van der Waals surface area contributed by atoms with Crippen molar-refractivity contribution in [3.05, 3.63) is 63.3 Å². The van der Waals surface area contributed by atoms with Crippen LogP contribution < -0.4 is 0 Å². The zero-order chi connectivity index (χ0) is 14.8. The first kappa shape index (κ1) is 15.4. The van der Waals surface area contributed by atoms with Crippen molar-refractivity contribution in [2.45, 2.75) is 5.60 Å². The van der Waals surface area contributed by atoms with E-state index in [2.05, 4.69) is 20.9 Å². The van der Waals surface area contributed by atoms with Crippen molar-refractivity contribution in [2.24, 2.45) is 0 Å². The number of benzene rings is 1. The zero-order valence-electron chi connectivity index (χ0n) is 11.3. The largest absolute Gasteiger partial charge is 0.377 e. The number of aliphatic hydroxyl groups is 1. The van der Waals surface area contributed by atoms with Gasteiger partial charge in [-0.05, 0) is 43.9 Å². The molecule has 20 heavy (non-hydrogen) atoms. The maximum absolute atomic E-state index is 11.2. The molecule has 0 saturated heterocycles. The van der Waals surface area contributed by atoms with Crippen molar-refractivity contribution in [1.82, 2.24) is 9.88 Å². The average Bonchev–Trinajstić information content (AvgIpc) is 2.38. The maximum atomic E-state index is 11.2. The molecule has 1 aromatic heterocycles.